The Morgan fingerprint density at radius 3 is 2.08 bits per heavy atom. The van der Waals surface area contributed by atoms with E-state index in [4.69, 9.17) is 27.6 Å². The average Bonchev–Trinajstić information content (AvgIpc) is 1.98. The van der Waals surface area contributed by atoms with Crippen LogP contribution in [0.1, 0.15) is 0 Å². The van der Waals surface area contributed by atoms with Gasteiger partial charge in [-0.1, -0.05) is 23.2 Å². The van der Waals surface area contributed by atoms with E-state index in [1.54, 1.807) is 0 Å². The van der Waals surface area contributed by atoms with E-state index in [-0.39, 0.29) is 0 Å². The predicted molar refractivity (Wildman–Crippen MR) is 68.7 cm³/mol. The second-order valence-corrected chi connectivity index (χ2v) is 7.09. The molecule has 0 fully saturated rings. The average molecular weight is 347 g/mol. The van der Waals surface area contributed by atoms with Gasteiger partial charge in [-0.05, 0) is 47.8 Å². The van der Waals surface area contributed by atoms with Crippen LogP contribution in [0.15, 0.2) is 12.1 Å². The molecular formula is C8H9Cl2IOSi. The van der Waals surface area contributed by atoms with E-state index in [1.807, 2.05) is 12.1 Å². The third kappa shape index (κ3) is 3.31. The van der Waals surface area contributed by atoms with Crippen molar-refractivity contribution >= 4 is 54.8 Å². The van der Waals surface area contributed by atoms with Gasteiger partial charge in [-0.2, -0.15) is 0 Å². The summed E-state index contributed by atoms with van der Waals surface area (Å²) in [5.74, 6) is 0.775. The zero-order valence-electron chi connectivity index (χ0n) is 7.27. The van der Waals surface area contributed by atoms with Gasteiger partial charge in [0.05, 0.1) is 13.6 Å². The lowest BCUT2D eigenvalue weighted by molar-refractivity contribution is 0.580. The van der Waals surface area contributed by atoms with Gasteiger partial charge < -0.3 is 4.43 Å². The van der Waals surface area contributed by atoms with Crippen molar-refractivity contribution in [1.82, 2.24) is 0 Å². The van der Waals surface area contributed by atoms with E-state index >= 15 is 0 Å². The van der Waals surface area contributed by atoms with Gasteiger partial charge in [0.25, 0.3) is 0 Å². The van der Waals surface area contributed by atoms with Gasteiger partial charge in [-0.25, -0.2) is 0 Å². The van der Waals surface area contributed by atoms with E-state index in [2.05, 4.69) is 35.7 Å². The minimum Gasteiger partial charge on any atom is -0.547 e. The topological polar surface area (TPSA) is 9.23 Å². The molecule has 0 atom stereocenters. The Labute approximate surface area is 103 Å². The Kier molecular flexibility index (Phi) is 4.35. The second-order valence-electron chi connectivity index (χ2n) is 2.87. The van der Waals surface area contributed by atoms with Gasteiger partial charge in [0.15, 0.2) is 0 Å². The van der Waals surface area contributed by atoms with Gasteiger partial charge >= 0.3 is 0 Å². The third-order valence-corrected chi connectivity index (χ3v) is 4.47. The van der Waals surface area contributed by atoms with Crippen LogP contribution in [0.25, 0.3) is 0 Å². The zero-order valence-corrected chi connectivity index (χ0v) is 12.1. The number of hydrogen-bond donors (Lipinski definition) is 0. The molecule has 1 aromatic rings. The first-order chi connectivity index (χ1) is 6.00. The van der Waals surface area contributed by atoms with Crippen LogP contribution in [-0.2, 0) is 0 Å². The fourth-order valence-electron chi connectivity index (χ4n) is 0.872. The van der Waals surface area contributed by atoms with Crippen molar-refractivity contribution in [3.8, 4) is 5.75 Å². The van der Waals surface area contributed by atoms with Gasteiger partial charge in [-0.15, -0.1) is 0 Å². The number of benzene rings is 1. The lowest BCUT2D eigenvalue weighted by atomic mass is 10.3. The molecule has 1 rings (SSSR count). The van der Waals surface area contributed by atoms with Crippen molar-refractivity contribution in [1.29, 1.82) is 0 Å². The summed E-state index contributed by atoms with van der Waals surface area (Å²) in [7, 11) is -1.07. The van der Waals surface area contributed by atoms with Crippen LogP contribution < -0.4 is 4.43 Å². The molecule has 0 aliphatic carbocycles. The second kappa shape index (κ2) is 4.86. The van der Waals surface area contributed by atoms with Crippen LogP contribution in [0, 0.1) is 3.57 Å². The van der Waals surface area contributed by atoms with Crippen molar-refractivity contribution in [2.75, 3.05) is 0 Å². The van der Waals surface area contributed by atoms with Crippen LogP contribution >= 0.6 is 45.8 Å². The highest BCUT2D eigenvalue weighted by Crippen LogP contribution is 2.31. The summed E-state index contributed by atoms with van der Waals surface area (Å²) in [6.07, 6.45) is 0. The summed E-state index contributed by atoms with van der Waals surface area (Å²) in [6.45, 7) is 4.19. The molecule has 0 heterocycles. The first kappa shape index (κ1) is 11.6. The van der Waals surface area contributed by atoms with E-state index in [1.165, 1.54) is 0 Å². The van der Waals surface area contributed by atoms with Crippen molar-refractivity contribution in [3.05, 3.63) is 25.7 Å². The minimum absolute atomic E-state index is 0.651. The van der Waals surface area contributed by atoms with Crippen LogP contribution in [-0.4, -0.2) is 9.04 Å². The van der Waals surface area contributed by atoms with Gasteiger partial charge in [0.2, 0.25) is 9.04 Å². The van der Waals surface area contributed by atoms with Gasteiger partial charge in [-0.3, -0.25) is 0 Å². The summed E-state index contributed by atoms with van der Waals surface area (Å²) in [6, 6.07) is 3.62. The molecule has 0 bridgehead atoms. The normalized spacial score (nSPS) is 10.6. The van der Waals surface area contributed by atoms with Crippen molar-refractivity contribution < 1.29 is 4.43 Å². The molecule has 0 spiro atoms. The molecular weight excluding hydrogens is 338 g/mol. The number of hydrogen-bond acceptors (Lipinski definition) is 1. The van der Waals surface area contributed by atoms with Gasteiger partial charge in [0, 0.05) is 0 Å². The van der Waals surface area contributed by atoms with Crippen LogP contribution in [0.3, 0.4) is 0 Å². The molecule has 0 unspecified atom stereocenters. The maximum absolute atomic E-state index is 5.95. The Balaban J connectivity index is 2.99. The van der Waals surface area contributed by atoms with Crippen molar-refractivity contribution in [3.63, 3.8) is 0 Å². The first-order valence-corrected chi connectivity index (χ1v) is 8.43. The quantitative estimate of drug-likeness (QED) is 0.447. The predicted octanol–water partition coefficient (Wildman–Crippen LogP) is 3.96. The minimum atomic E-state index is -1.07. The van der Waals surface area contributed by atoms with Crippen LogP contribution in [0.2, 0.25) is 23.1 Å². The van der Waals surface area contributed by atoms with E-state index in [9.17, 15) is 0 Å². The fraction of sp³-hybridized carbons (Fsp3) is 0.250. The van der Waals surface area contributed by atoms with E-state index < -0.39 is 9.04 Å². The van der Waals surface area contributed by atoms with Crippen LogP contribution in [0.4, 0.5) is 0 Å². The summed E-state index contributed by atoms with van der Waals surface area (Å²) < 4.78 is 6.47. The first-order valence-electron chi connectivity index (χ1n) is 3.82. The van der Waals surface area contributed by atoms with E-state index in [0.717, 1.165) is 9.32 Å². The Morgan fingerprint density at radius 1 is 1.23 bits per heavy atom. The van der Waals surface area contributed by atoms with Crippen LogP contribution in [0.5, 0.6) is 5.75 Å². The van der Waals surface area contributed by atoms with Crippen molar-refractivity contribution in [2.45, 2.75) is 13.1 Å². The van der Waals surface area contributed by atoms with E-state index in [0.29, 0.717) is 10.0 Å². The molecule has 0 N–H and O–H groups in total. The monoisotopic (exact) mass is 346 g/mol. The molecule has 0 radical (unpaired) electrons. The van der Waals surface area contributed by atoms with Gasteiger partial charge in [0.1, 0.15) is 5.75 Å². The lowest BCUT2D eigenvalue weighted by Gasteiger charge is -2.10. The smallest absolute Gasteiger partial charge is 0.229 e. The zero-order chi connectivity index (χ0) is 10.0. The summed E-state index contributed by atoms with van der Waals surface area (Å²) in [4.78, 5) is 0. The molecule has 0 saturated heterocycles. The molecule has 0 amide bonds. The molecule has 13 heavy (non-hydrogen) atoms. The highest BCUT2D eigenvalue weighted by atomic mass is 127. The Morgan fingerprint density at radius 2 is 1.69 bits per heavy atom. The summed E-state index contributed by atoms with van der Waals surface area (Å²) in [5, 5.41) is 1.30. The standard InChI is InChI=1S/C8H9Cl2IOSi/c1-13(2)12-5-3-6(9)8(11)7(10)4-5/h3-4,13H,1-2H3. The number of rotatable bonds is 2. The molecule has 0 aliphatic rings. The Hall–Kier alpha value is 0.547. The number of halogens is 3. The lowest BCUT2D eigenvalue weighted by Crippen LogP contribution is -2.11. The summed E-state index contributed by atoms with van der Waals surface area (Å²) >= 11 is 14.0. The highest BCUT2D eigenvalue weighted by Gasteiger charge is 2.07. The molecule has 5 heteroatoms. The molecule has 1 aromatic carbocycles. The highest BCUT2D eigenvalue weighted by molar-refractivity contribution is 14.1. The maximum Gasteiger partial charge on any atom is 0.229 e. The fourth-order valence-corrected chi connectivity index (χ4v) is 2.33. The SMILES string of the molecule is C[SiH](C)Oc1cc(Cl)c(I)c(Cl)c1. The molecule has 0 saturated carbocycles. The molecule has 1 nitrogen and oxygen atoms in total. The Bertz CT molecular complexity index is 294. The summed E-state index contributed by atoms with van der Waals surface area (Å²) in [5.41, 5.74) is 0. The largest absolute Gasteiger partial charge is 0.547 e. The van der Waals surface area contributed by atoms with Crippen molar-refractivity contribution in [2.24, 2.45) is 0 Å². The molecule has 72 valence electrons. The third-order valence-electron chi connectivity index (χ3n) is 1.33. The molecule has 0 aliphatic heterocycles. The molecule has 0 aromatic heterocycles. The maximum atomic E-state index is 5.95.